The molecular formula is C8H22GeLi2Si2. The monoisotopic (exact) mass is 262 g/mol. The van der Waals surface area contributed by atoms with Gasteiger partial charge in [-0.1, -0.05) is 0 Å². The maximum Gasteiger partial charge on any atom is 0 e. The van der Waals surface area contributed by atoms with E-state index in [2.05, 4.69) is 39.3 Å². The molecule has 0 unspecified atom stereocenters. The molecule has 0 saturated heterocycles. The first-order chi connectivity index (χ1) is 4.71. The smallest absolute Gasteiger partial charge is 0 e. The molecular weight excluding hydrogens is 239 g/mol. The van der Waals surface area contributed by atoms with E-state index in [4.69, 9.17) is 0 Å². The Labute approximate surface area is 117 Å². The fraction of sp³-hybridized carbons (Fsp3) is 1.00. The molecule has 0 atom stereocenters. The normalized spacial score (nSPS) is 11.5. The predicted octanol–water partition coefficient (Wildman–Crippen LogP) is 2.52. The predicted molar refractivity (Wildman–Crippen MR) is 73.6 cm³/mol. The van der Waals surface area contributed by atoms with Crippen molar-refractivity contribution < 1.29 is 0 Å². The van der Waals surface area contributed by atoms with Gasteiger partial charge in [-0.25, -0.2) is 0 Å². The van der Waals surface area contributed by atoms with Crippen LogP contribution in [0.2, 0.25) is 49.0 Å². The fourth-order valence-corrected chi connectivity index (χ4v) is 14.6. The Morgan fingerprint density at radius 3 is 1.08 bits per heavy atom. The van der Waals surface area contributed by atoms with E-state index in [1.54, 1.807) is 9.75 Å². The van der Waals surface area contributed by atoms with Gasteiger partial charge in [0.1, 0.15) is 0 Å². The second kappa shape index (κ2) is 8.34. The van der Waals surface area contributed by atoms with Crippen molar-refractivity contribution in [1.82, 2.24) is 0 Å². The van der Waals surface area contributed by atoms with Gasteiger partial charge in [0.25, 0.3) is 0 Å². The van der Waals surface area contributed by atoms with Crippen molar-refractivity contribution in [3.05, 3.63) is 0 Å². The number of rotatable bonds is 4. The first-order valence-corrected chi connectivity index (χ1v) is 14.8. The summed E-state index contributed by atoms with van der Waals surface area (Å²) in [6.07, 6.45) is 0. The van der Waals surface area contributed by atoms with Crippen LogP contribution in [0.3, 0.4) is 0 Å². The van der Waals surface area contributed by atoms with Gasteiger partial charge in [0.15, 0.2) is 0 Å². The van der Waals surface area contributed by atoms with Crippen LogP contribution in [0.4, 0.5) is 0 Å². The molecule has 0 fully saturated rings. The summed E-state index contributed by atoms with van der Waals surface area (Å²) < 4.78 is 0. The van der Waals surface area contributed by atoms with E-state index in [-0.39, 0.29) is 37.7 Å². The summed E-state index contributed by atoms with van der Waals surface area (Å²) in [7, 11) is -1.36. The minimum atomic E-state index is -0.679. The van der Waals surface area contributed by atoms with Crippen molar-refractivity contribution in [2.45, 2.75) is 49.0 Å². The Hall–Kier alpha value is 2.17. The maximum atomic E-state index is 2.50. The second-order valence-electron chi connectivity index (χ2n) is 5.72. The fourth-order valence-electron chi connectivity index (χ4n) is 0.812. The van der Waals surface area contributed by atoms with Gasteiger partial charge in [0.2, 0.25) is 0 Å². The van der Waals surface area contributed by atoms with Crippen LogP contribution in [0.25, 0.3) is 0 Å². The van der Waals surface area contributed by atoms with Crippen molar-refractivity contribution in [2.24, 2.45) is 0 Å². The molecule has 0 bridgehead atoms. The van der Waals surface area contributed by atoms with E-state index in [0.717, 1.165) is 0 Å². The van der Waals surface area contributed by atoms with Crippen molar-refractivity contribution in [2.75, 3.05) is 0 Å². The van der Waals surface area contributed by atoms with E-state index in [0.29, 0.717) is 15.4 Å². The van der Waals surface area contributed by atoms with Crippen molar-refractivity contribution in [3.8, 4) is 0 Å². The molecule has 4 radical (unpaired) electrons. The standard InChI is InChI=1S/C8H22GeSi2.2Li/c1-10(2,3)7-9-8-11(4,5)6;;/h7-8H2,1-6H3;;. The molecule has 0 nitrogen and oxygen atoms in total. The SMILES string of the molecule is C[Si](C)(C)[CH2][Ge][CH2][Si](C)(C)C.[Li].[Li]. The van der Waals surface area contributed by atoms with Crippen LogP contribution in [0.5, 0.6) is 0 Å². The van der Waals surface area contributed by atoms with Crippen LogP contribution < -0.4 is 0 Å². The Balaban J connectivity index is -0.000000500. The second-order valence-corrected chi connectivity index (χ2v) is 22.2. The van der Waals surface area contributed by atoms with Gasteiger partial charge in [-0.3, -0.25) is 0 Å². The van der Waals surface area contributed by atoms with E-state index in [1.807, 2.05) is 0 Å². The topological polar surface area (TPSA) is 0 Å². The van der Waals surface area contributed by atoms with Crippen LogP contribution in [-0.4, -0.2) is 69.3 Å². The van der Waals surface area contributed by atoms with Crippen molar-refractivity contribution in [3.63, 3.8) is 0 Å². The van der Waals surface area contributed by atoms with Crippen LogP contribution in [0.15, 0.2) is 0 Å². The zero-order valence-corrected chi connectivity index (χ0v) is 15.0. The van der Waals surface area contributed by atoms with Gasteiger partial charge < -0.3 is 0 Å². The largest absolute Gasteiger partial charge is 0 e. The van der Waals surface area contributed by atoms with Gasteiger partial charge in [-0.2, -0.15) is 0 Å². The molecule has 0 aliphatic heterocycles. The molecule has 0 spiro atoms. The third-order valence-electron chi connectivity index (χ3n) is 1.31. The summed E-state index contributed by atoms with van der Waals surface area (Å²) in [5.41, 5.74) is 0. The molecule has 13 heavy (non-hydrogen) atoms. The van der Waals surface area contributed by atoms with Gasteiger partial charge in [0, 0.05) is 37.7 Å². The van der Waals surface area contributed by atoms with Crippen molar-refractivity contribution in [1.29, 1.82) is 0 Å². The molecule has 5 heteroatoms. The Kier molecular flexibility index (Phi) is 13.2. The Bertz CT molecular complexity index is 104. The third-order valence-corrected chi connectivity index (χ3v) is 20.4. The first kappa shape index (κ1) is 20.6. The summed E-state index contributed by atoms with van der Waals surface area (Å²) in [4.78, 5) is 3.30. The quantitative estimate of drug-likeness (QED) is 0.682. The summed E-state index contributed by atoms with van der Waals surface area (Å²) in [6.45, 7) is 15.0. The molecule has 0 aliphatic rings. The summed E-state index contributed by atoms with van der Waals surface area (Å²) >= 11 is 0.443. The maximum absolute atomic E-state index is 2.50. The Morgan fingerprint density at radius 2 is 0.923 bits per heavy atom. The molecule has 0 aromatic carbocycles. The molecule has 0 aromatic rings. The molecule has 0 rings (SSSR count). The van der Waals surface area contributed by atoms with Crippen LogP contribution in [0, 0.1) is 0 Å². The zero-order chi connectivity index (χ0) is 9.12. The van der Waals surface area contributed by atoms with Crippen molar-refractivity contribution >= 4 is 69.3 Å². The summed E-state index contributed by atoms with van der Waals surface area (Å²) in [6, 6.07) is 0. The third kappa shape index (κ3) is 20.3. The molecule has 0 N–H and O–H groups in total. The van der Waals surface area contributed by atoms with Crippen LogP contribution >= 0.6 is 0 Å². The van der Waals surface area contributed by atoms with E-state index < -0.39 is 16.1 Å². The molecule has 0 aliphatic carbocycles. The minimum absolute atomic E-state index is 0. The average Bonchev–Trinajstić information content (AvgIpc) is 1.55. The summed E-state index contributed by atoms with van der Waals surface area (Å²) in [5, 5.41) is 0. The molecule has 0 aromatic heterocycles. The van der Waals surface area contributed by atoms with Crippen LogP contribution in [-0.2, 0) is 0 Å². The van der Waals surface area contributed by atoms with E-state index in [1.165, 1.54) is 0 Å². The summed E-state index contributed by atoms with van der Waals surface area (Å²) in [5.74, 6) is 0. The average molecular weight is 261 g/mol. The first-order valence-electron chi connectivity index (χ1n) is 4.41. The van der Waals surface area contributed by atoms with Gasteiger partial charge in [-0.05, 0) is 0 Å². The van der Waals surface area contributed by atoms with Gasteiger partial charge >= 0.3 is 80.6 Å². The molecule has 0 heterocycles. The number of hydrogen-bond donors (Lipinski definition) is 0. The van der Waals surface area contributed by atoms with Gasteiger partial charge in [0.05, 0.1) is 0 Å². The Morgan fingerprint density at radius 1 is 0.692 bits per heavy atom. The molecule has 68 valence electrons. The van der Waals surface area contributed by atoms with E-state index >= 15 is 0 Å². The zero-order valence-electron chi connectivity index (χ0n) is 10.9. The minimum Gasteiger partial charge on any atom is 0 e. The van der Waals surface area contributed by atoms with E-state index in [9.17, 15) is 0 Å². The number of hydrogen-bond acceptors (Lipinski definition) is 0. The molecule has 0 amide bonds. The molecule has 0 saturated carbocycles. The van der Waals surface area contributed by atoms with Gasteiger partial charge in [-0.15, -0.1) is 0 Å². The van der Waals surface area contributed by atoms with Crippen LogP contribution in [0.1, 0.15) is 0 Å².